The number of fused-ring (bicyclic) bond motifs is 1. The molecule has 0 N–H and O–H groups in total. The Kier molecular flexibility index (Phi) is 4.65. The molecule has 0 bridgehead atoms. The van der Waals surface area contributed by atoms with Crippen molar-refractivity contribution in [3.05, 3.63) is 64.2 Å². The van der Waals surface area contributed by atoms with Crippen LogP contribution in [-0.2, 0) is 6.42 Å². The molecular weight excluding hydrogens is 332 g/mol. The van der Waals surface area contributed by atoms with Crippen molar-refractivity contribution < 1.29 is 4.74 Å². The van der Waals surface area contributed by atoms with Gasteiger partial charge >= 0.3 is 0 Å². The van der Waals surface area contributed by atoms with Crippen LogP contribution in [0.4, 0.5) is 0 Å². The normalized spacial score (nSPS) is 22.6. The molecule has 0 radical (unpaired) electrons. The zero-order valence-electron chi connectivity index (χ0n) is 14.1. The Morgan fingerprint density at radius 2 is 1.96 bits per heavy atom. The van der Waals surface area contributed by atoms with E-state index < -0.39 is 0 Å². The van der Waals surface area contributed by atoms with Gasteiger partial charge in [-0.15, -0.1) is 0 Å². The molecule has 0 unspecified atom stereocenters. The lowest BCUT2D eigenvalue weighted by molar-refractivity contribution is 0.121. The topological polar surface area (TPSA) is 36.3 Å². The summed E-state index contributed by atoms with van der Waals surface area (Å²) in [7, 11) is 0. The van der Waals surface area contributed by atoms with Gasteiger partial charge in [0.1, 0.15) is 17.9 Å². The molecule has 2 aliphatic rings. The maximum atomic E-state index is 9.04. The molecule has 0 spiro atoms. The van der Waals surface area contributed by atoms with Crippen LogP contribution in [0.5, 0.6) is 5.75 Å². The Labute approximate surface area is 153 Å². The summed E-state index contributed by atoms with van der Waals surface area (Å²) >= 11 is 6.18. The molecule has 1 aliphatic heterocycles. The minimum Gasteiger partial charge on any atom is -0.485 e. The fourth-order valence-electron chi connectivity index (χ4n) is 4.06. The summed E-state index contributed by atoms with van der Waals surface area (Å²) in [6.45, 7) is 3.47. The second kappa shape index (κ2) is 7.07. The van der Waals surface area contributed by atoms with Gasteiger partial charge in [0, 0.05) is 18.5 Å². The molecule has 1 aliphatic carbocycles. The minimum absolute atomic E-state index is 0.0424. The summed E-state index contributed by atoms with van der Waals surface area (Å²) in [5.74, 6) is 1.18. The van der Waals surface area contributed by atoms with E-state index in [1.165, 1.54) is 37.1 Å². The van der Waals surface area contributed by atoms with Gasteiger partial charge in [-0.1, -0.05) is 35.9 Å². The summed E-state index contributed by atoms with van der Waals surface area (Å²) in [4.78, 5) is 2.55. The van der Waals surface area contributed by atoms with E-state index in [0.717, 1.165) is 18.7 Å². The molecule has 4 rings (SSSR count). The number of hydrogen-bond acceptors (Lipinski definition) is 3. The van der Waals surface area contributed by atoms with Crippen molar-refractivity contribution in [2.24, 2.45) is 5.92 Å². The predicted octanol–water partition coefficient (Wildman–Crippen LogP) is 4.60. The SMILES string of the molecule is N#Cc1ccc(O[C@H]2c3ccccc3C[C@@H]2CN2CCCC2)cc1Cl. The van der Waals surface area contributed by atoms with Crippen molar-refractivity contribution in [3.8, 4) is 11.8 Å². The van der Waals surface area contributed by atoms with Gasteiger partial charge in [-0.05, 0) is 55.6 Å². The molecule has 1 saturated heterocycles. The highest BCUT2D eigenvalue weighted by atomic mass is 35.5. The van der Waals surface area contributed by atoms with Crippen LogP contribution in [0.1, 0.15) is 35.6 Å². The second-order valence-electron chi connectivity index (χ2n) is 6.96. The molecular formula is C21H21ClN2O. The fourth-order valence-corrected chi connectivity index (χ4v) is 4.28. The Morgan fingerprint density at radius 1 is 1.16 bits per heavy atom. The lowest BCUT2D eigenvalue weighted by Crippen LogP contribution is -2.30. The Bertz CT molecular complexity index is 808. The summed E-state index contributed by atoms with van der Waals surface area (Å²) in [6, 6.07) is 16.0. The highest BCUT2D eigenvalue weighted by Crippen LogP contribution is 2.40. The van der Waals surface area contributed by atoms with E-state index in [4.69, 9.17) is 21.6 Å². The molecule has 0 amide bonds. The minimum atomic E-state index is 0.0424. The average molecular weight is 353 g/mol. The summed E-state index contributed by atoms with van der Waals surface area (Å²) in [5.41, 5.74) is 3.15. The summed E-state index contributed by atoms with van der Waals surface area (Å²) in [6.07, 6.45) is 3.70. The smallest absolute Gasteiger partial charge is 0.128 e. The lowest BCUT2D eigenvalue weighted by atomic mass is 10.0. The average Bonchev–Trinajstić information content (AvgIpc) is 3.24. The number of benzene rings is 2. The number of nitriles is 1. The number of rotatable bonds is 4. The van der Waals surface area contributed by atoms with E-state index in [1.807, 2.05) is 6.07 Å². The highest BCUT2D eigenvalue weighted by Gasteiger charge is 2.35. The van der Waals surface area contributed by atoms with Crippen LogP contribution >= 0.6 is 11.6 Å². The first-order valence-electron chi connectivity index (χ1n) is 8.91. The number of likely N-dealkylation sites (tertiary alicyclic amines) is 1. The van der Waals surface area contributed by atoms with E-state index in [0.29, 0.717) is 16.5 Å². The van der Waals surface area contributed by atoms with Crippen LogP contribution in [0.25, 0.3) is 0 Å². The molecule has 4 heteroatoms. The van der Waals surface area contributed by atoms with Gasteiger partial charge in [0.05, 0.1) is 10.6 Å². The van der Waals surface area contributed by atoms with E-state index in [9.17, 15) is 0 Å². The maximum absolute atomic E-state index is 9.04. The van der Waals surface area contributed by atoms with Crippen molar-refractivity contribution in [1.29, 1.82) is 5.26 Å². The molecule has 2 atom stereocenters. The van der Waals surface area contributed by atoms with Crippen LogP contribution < -0.4 is 4.74 Å². The molecule has 1 fully saturated rings. The molecule has 25 heavy (non-hydrogen) atoms. The molecule has 2 aromatic rings. The van der Waals surface area contributed by atoms with Crippen LogP contribution in [-0.4, -0.2) is 24.5 Å². The summed E-state index contributed by atoms with van der Waals surface area (Å²) < 4.78 is 6.38. The first kappa shape index (κ1) is 16.4. The summed E-state index contributed by atoms with van der Waals surface area (Å²) in [5, 5.41) is 9.49. The van der Waals surface area contributed by atoms with Gasteiger partial charge in [0.15, 0.2) is 0 Å². The van der Waals surface area contributed by atoms with Crippen LogP contribution in [0.15, 0.2) is 42.5 Å². The Hall–Kier alpha value is -2.02. The van der Waals surface area contributed by atoms with Crippen molar-refractivity contribution in [2.45, 2.75) is 25.4 Å². The number of nitrogens with zero attached hydrogens (tertiary/aromatic N) is 2. The van der Waals surface area contributed by atoms with Gasteiger partial charge < -0.3 is 9.64 Å². The van der Waals surface area contributed by atoms with Gasteiger partial charge in [0.2, 0.25) is 0 Å². The number of hydrogen-bond donors (Lipinski definition) is 0. The molecule has 1 heterocycles. The lowest BCUT2D eigenvalue weighted by Gasteiger charge is -2.26. The third kappa shape index (κ3) is 3.38. The van der Waals surface area contributed by atoms with Crippen LogP contribution in [0.2, 0.25) is 5.02 Å². The van der Waals surface area contributed by atoms with Gasteiger partial charge in [0.25, 0.3) is 0 Å². The monoisotopic (exact) mass is 352 g/mol. The van der Waals surface area contributed by atoms with Crippen molar-refractivity contribution in [1.82, 2.24) is 4.90 Å². The third-order valence-corrected chi connectivity index (χ3v) is 5.60. The van der Waals surface area contributed by atoms with E-state index in [2.05, 4.69) is 35.2 Å². The number of halogens is 1. The fraction of sp³-hybridized carbons (Fsp3) is 0.381. The zero-order valence-corrected chi connectivity index (χ0v) is 14.9. The maximum Gasteiger partial charge on any atom is 0.128 e. The zero-order chi connectivity index (χ0) is 17.2. The molecule has 0 saturated carbocycles. The van der Waals surface area contributed by atoms with Crippen molar-refractivity contribution in [3.63, 3.8) is 0 Å². The van der Waals surface area contributed by atoms with E-state index in [1.54, 1.807) is 12.1 Å². The van der Waals surface area contributed by atoms with Crippen LogP contribution in [0.3, 0.4) is 0 Å². The molecule has 2 aromatic carbocycles. The predicted molar refractivity (Wildman–Crippen MR) is 98.8 cm³/mol. The van der Waals surface area contributed by atoms with E-state index >= 15 is 0 Å². The largest absolute Gasteiger partial charge is 0.485 e. The van der Waals surface area contributed by atoms with Gasteiger partial charge in [-0.3, -0.25) is 0 Å². The molecule has 128 valence electrons. The van der Waals surface area contributed by atoms with Crippen molar-refractivity contribution in [2.75, 3.05) is 19.6 Å². The Morgan fingerprint density at radius 3 is 2.72 bits per heavy atom. The van der Waals surface area contributed by atoms with Gasteiger partial charge in [-0.25, -0.2) is 0 Å². The van der Waals surface area contributed by atoms with Gasteiger partial charge in [-0.2, -0.15) is 5.26 Å². The highest BCUT2D eigenvalue weighted by molar-refractivity contribution is 6.31. The molecule has 0 aromatic heterocycles. The van der Waals surface area contributed by atoms with Crippen molar-refractivity contribution >= 4 is 11.6 Å². The molecule has 3 nitrogen and oxygen atoms in total. The van der Waals surface area contributed by atoms with Crippen LogP contribution in [0, 0.1) is 17.2 Å². The quantitative estimate of drug-likeness (QED) is 0.806. The third-order valence-electron chi connectivity index (χ3n) is 5.29. The first-order chi connectivity index (χ1) is 12.2. The number of ether oxygens (including phenoxy) is 1. The van der Waals surface area contributed by atoms with E-state index in [-0.39, 0.29) is 6.10 Å². The Balaban J connectivity index is 1.59. The second-order valence-corrected chi connectivity index (χ2v) is 7.37. The standard InChI is InChI=1S/C21H21ClN2O/c22-20-12-18(8-7-16(20)13-23)25-21-17(14-24-9-3-4-10-24)11-15-5-1-2-6-19(15)21/h1-2,5-8,12,17,21H,3-4,9-11,14H2/t17-,21-/m1/s1. The first-order valence-corrected chi connectivity index (χ1v) is 9.29.